The molecule has 0 spiro atoms. The second kappa shape index (κ2) is 10.4. The van der Waals surface area contributed by atoms with E-state index in [9.17, 15) is 26.3 Å². The van der Waals surface area contributed by atoms with Crippen molar-refractivity contribution in [1.82, 2.24) is 9.78 Å². The Kier molecular flexibility index (Phi) is 6.87. The van der Waals surface area contributed by atoms with Gasteiger partial charge in [0.15, 0.2) is 28.8 Å². The van der Waals surface area contributed by atoms with Crippen LogP contribution in [0, 0.1) is 17.1 Å². The van der Waals surface area contributed by atoms with Gasteiger partial charge in [0.2, 0.25) is 0 Å². The number of nitrogens with zero attached hydrogens (tertiary/aromatic N) is 3. The van der Waals surface area contributed by atoms with Crippen molar-refractivity contribution in [3.05, 3.63) is 94.6 Å². The van der Waals surface area contributed by atoms with Crippen molar-refractivity contribution < 1.29 is 45.3 Å². The highest BCUT2D eigenvalue weighted by molar-refractivity contribution is 5.48. The van der Waals surface area contributed by atoms with Crippen LogP contribution in [0.1, 0.15) is 60.1 Å². The van der Waals surface area contributed by atoms with Crippen molar-refractivity contribution in [2.75, 3.05) is 0 Å². The molecule has 43 heavy (non-hydrogen) atoms. The summed E-state index contributed by atoms with van der Waals surface area (Å²) in [5.74, 6) is -1.13. The molecule has 0 amide bonds. The Morgan fingerprint density at radius 3 is 2.51 bits per heavy atom. The molecule has 1 aromatic heterocycles. The van der Waals surface area contributed by atoms with E-state index in [0.717, 1.165) is 10.7 Å². The lowest BCUT2D eigenvalue weighted by atomic mass is 9.93. The Hall–Kier alpha value is -4.86. The third-order valence-electron chi connectivity index (χ3n) is 7.11. The monoisotopic (exact) mass is 601 g/mol. The molecular formula is C30H21F6N3O4. The molecule has 0 N–H and O–H groups in total. The third-order valence-corrected chi connectivity index (χ3v) is 7.11. The highest BCUT2D eigenvalue weighted by Gasteiger charge is 2.44. The van der Waals surface area contributed by atoms with E-state index in [1.807, 2.05) is 6.07 Å². The number of halogens is 6. The van der Waals surface area contributed by atoms with Crippen molar-refractivity contribution in [2.24, 2.45) is 0 Å². The van der Waals surface area contributed by atoms with E-state index in [1.54, 1.807) is 19.1 Å². The maximum atomic E-state index is 14.9. The average molecular weight is 602 g/mol. The number of hydrogen-bond donors (Lipinski definition) is 0. The quantitative estimate of drug-likeness (QED) is 0.210. The molecule has 7 nitrogen and oxygen atoms in total. The number of ether oxygens (including phenoxy) is 4. The smallest absolute Gasteiger partial charge is 0.484 e. The average Bonchev–Trinajstić information content (AvgIpc) is 3.51. The summed E-state index contributed by atoms with van der Waals surface area (Å²) in [5.41, 5.74) is -0.0617. The van der Waals surface area contributed by atoms with Gasteiger partial charge < -0.3 is 18.9 Å². The maximum absolute atomic E-state index is 14.9. The van der Waals surface area contributed by atoms with Gasteiger partial charge in [-0.2, -0.15) is 23.5 Å². The van der Waals surface area contributed by atoms with E-state index < -0.39 is 36.2 Å². The zero-order chi connectivity index (χ0) is 30.5. The molecule has 0 radical (unpaired) electrons. The van der Waals surface area contributed by atoms with Crippen LogP contribution in [0.3, 0.4) is 0 Å². The molecular weight excluding hydrogens is 580 g/mol. The molecule has 2 atom stereocenters. The van der Waals surface area contributed by atoms with Crippen molar-refractivity contribution >= 4 is 0 Å². The number of rotatable bonds is 6. The van der Waals surface area contributed by atoms with Crippen molar-refractivity contribution in [3.8, 4) is 34.8 Å². The number of benzene rings is 3. The van der Waals surface area contributed by atoms with Gasteiger partial charge in [-0.25, -0.2) is 9.07 Å². The van der Waals surface area contributed by atoms with Crippen LogP contribution in [-0.4, -0.2) is 16.1 Å². The fourth-order valence-electron chi connectivity index (χ4n) is 5.14. The number of nitriles is 1. The summed E-state index contributed by atoms with van der Waals surface area (Å²) in [4.78, 5) is 0. The zero-order valence-corrected chi connectivity index (χ0v) is 22.3. The first-order valence-electron chi connectivity index (χ1n) is 13.1. The number of alkyl halides is 5. The van der Waals surface area contributed by atoms with Crippen molar-refractivity contribution in [1.29, 1.82) is 5.26 Å². The van der Waals surface area contributed by atoms with Crippen LogP contribution in [0.4, 0.5) is 26.3 Å². The normalized spacial score (nSPS) is 17.6. The molecule has 13 heteroatoms. The molecule has 1 aliphatic heterocycles. The lowest BCUT2D eigenvalue weighted by Gasteiger charge is -2.26. The van der Waals surface area contributed by atoms with Gasteiger partial charge in [0.05, 0.1) is 23.0 Å². The Labute approximate surface area is 240 Å². The maximum Gasteiger partial charge on any atom is 0.586 e. The van der Waals surface area contributed by atoms with Crippen LogP contribution in [0.15, 0.2) is 60.7 Å². The molecule has 4 aromatic rings. The van der Waals surface area contributed by atoms with Gasteiger partial charge in [0.1, 0.15) is 18.0 Å². The Morgan fingerprint density at radius 2 is 1.79 bits per heavy atom. The summed E-state index contributed by atoms with van der Waals surface area (Å²) >= 11 is 0. The van der Waals surface area contributed by atoms with Gasteiger partial charge in [0, 0.05) is 11.6 Å². The van der Waals surface area contributed by atoms with Crippen molar-refractivity contribution in [2.45, 2.75) is 50.9 Å². The molecule has 0 saturated heterocycles. The summed E-state index contributed by atoms with van der Waals surface area (Å²) in [7, 11) is 0. The summed E-state index contributed by atoms with van der Waals surface area (Å²) < 4.78 is 106. The number of aromatic nitrogens is 2. The van der Waals surface area contributed by atoms with Crippen LogP contribution in [-0.2, 0) is 12.6 Å². The highest BCUT2D eigenvalue weighted by atomic mass is 19.4. The van der Waals surface area contributed by atoms with E-state index in [1.165, 1.54) is 42.5 Å². The molecule has 0 bridgehead atoms. The van der Waals surface area contributed by atoms with Gasteiger partial charge in [-0.15, -0.1) is 8.78 Å². The predicted octanol–water partition coefficient (Wildman–Crippen LogP) is 7.82. The van der Waals surface area contributed by atoms with Crippen LogP contribution in [0.2, 0.25) is 0 Å². The van der Waals surface area contributed by atoms with Crippen LogP contribution in [0.5, 0.6) is 23.0 Å². The largest absolute Gasteiger partial charge is 0.586 e. The van der Waals surface area contributed by atoms with E-state index in [2.05, 4.69) is 14.6 Å². The summed E-state index contributed by atoms with van der Waals surface area (Å²) in [6, 6.07) is 15.7. The number of hydrogen-bond acceptors (Lipinski definition) is 6. The van der Waals surface area contributed by atoms with Crippen molar-refractivity contribution in [3.63, 3.8) is 0 Å². The summed E-state index contributed by atoms with van der Waals surface area (Å²) in [6.07, 6.45) is -9.35. The molecule has 2 heterocycles. The van der Waals surface area contributed by atoms with E-state index >= 15 is 0 Å². The van der Waals surface area contributed by atoms with Crippen LogP contribution in [0.25, 0.3) is 5.69 Å². The Bertz CT molecular complexity index is 1730. The minimum atomic E-state index is -4.75. The zero-order valence-electron chi connectivity index (χ0n) is 22.3. The lowest BCUT2D eigenvalue weighted by Crippen LogP contribution is -2.25. The predicted molar refractivity (Wildman–Crippen MR) is 138 cm³/mol. The Morgan fingerprint density at radius 1 is 1.05 bits per heavy atom. The molecule has 6 rings (SSSR count). The minimum absolute atomic E-state index is 0.0188. The summed E-state index contributed by atoms with van der Waals surface area (Å²) in [5, 5.41) is 13.0. The second-order valence-electron chi connectivity index (χ2n) is 10.0. The van der Waals surface area contributed by atoms with Crippen LogP contribution >= 0.6 is 0 Å². The minimum Gasteiger partial charge on any atom is -0.484 e. The van der Waals surface area contributed by atoms with Gasteiger partial charge in [-0.1, -0.05) is 6.07 Å². The molecule has 3 aromatic carbocycles. The van der Waals surface area contributed by atoms with Crippen LogP contribution < -0.4 is 18.9 Å². The topological polar surface area (TPSA) is 78.5 Å². The van der Waals surface area contributed by atoms with Gasteiger partial charge in [0.25, 0.3) is 0 Å². The van der Waals surface area contributed by atoms with Gasteiger partial charge >= 0.3 is 12.5 Å². The van der Waals surface area contributed by atoms with E-state index in [-0.39, 0.29) is 40.6 Å². The second-order valence-corrected chi connectivity index (χ2v) is 10.0. The molecule has 0 saturated carbocycles. The third kappa shape index (κ3) is 5.52. The summed E-state index contributed by atoms with van der Waals surface area (Å²) in [6.45, 7) is 1.54. The Balaban J connectivity index is 1.34. The van der Waals surface area contributed by atoms with Gasteiger partial charge in [-0.3, -0.25) is 0 Å². The SMILES string of the molecule is C[C@H](Oc1cc(-n2nc(C(F)(F)F)c3c2[C@@H](Oc2ccc(C#N)cc2)CCC3)ccc1F)c1ccc2c(c1)OC(F)(F)O2. The van der Waals surface area contributed by atoms with E-state index in [4.69, 9.17) is 14.7 Å². The fraction of sp³-hybridized carbons (Fsp3) is 0.267. The molecule has 1 aliphatic carbocycles. The number of fused-ring (bicyclic) bond motifs is 2. The molecule has 2 aliphatic rings. The fourth-order valence-corrected chi connectivity index (χ4v) is 5.14. The standard InChI is InChI=1S/C30H21F6N3O4/c1-16(18-7-12-23-26(13-18)43-30(35,36)42-23)40-25-14-19(8-11-22(25)31)39-27-21(28(38-39)29(32,33)34)3-2-4-24(27)41-20-9-5-17(15-37)6-10-20/h5-14,16,24H,2-4H2,1H3/t16-,24-/m0/s1. The molecule has 0 fully saturated rings. The molecule has 0 unspecified atom stereocenters. The van der Waals surface area contributed by atoms with Gasteiger partial charge in [-0.05, 0) is 80.3 Å². The first-order valence-corrected chi connectivity index (χ1v) is 13.1. The first-order chi connectivity index (χ1) is 20.4. The van der Waals surface area contributed by atoms with E-state index in [0.29, 0.717) is 29.7 Å². The highest BCUT2D eigenvalue weighted by Crippen LogP contribution is 2.44. The molecule has 222 valence electrons. The lowest BCUT2D eigenvalue weighted by molar-refractivity contribution is -0.286. The first kappa shape index (κ1) is 28.3.